The molecular weight excluding hydrogens is 711 g/mol. The largest absolute Gasteiger partial charge is 0.455 e. The van der Waals surface area contributed by atoms with Gasteiger partial charge >= 0.3 is 0 Å². The second-order valence-corrected chi connectivity index (χ2v) is 15.5. The van der Waals surface area contributed by atoms with Gasteiger partial charge in [0.2, 0.25) is 0 Å². The number of hydrogen-bond acceptors (Lipinski definition) is 3. The van der Waals surface area contributed by atoms with Crippen molar-refractivity contribution in [2.75, 3.05) is 4.90 Å². The zero-order valence-corrected chi connectivity index (χ0v) is 31.8. The average Bonchev–Trinajstić information content (AvgIpc) is 3.86. The highest BCUT2D eigenvalue weighted by Gasteiger charge is 2.26. The molecule has 268 valence electrons. The number of benzene rings is 9. The first-order chi connectivity index (χ1) is 28.3. The van der Waals surface area contributed by atoms with E-state index in [9.17, 15) is 0 Å². The Kier molecular flexibility index (Phi) is 8.04. The summed E-state index contributed by atoms with van der Waals surface area (Å²) in [5.74, 6) is 0. The summed E-state index contributed by atoms with van der Waals surface area (Å²) in [6.07, 6.45) is 0. The number of rotatable bonds is 7. The SMILES string of the molecule is c1ccc(-c2ccccc2-c2c(-c3ccccc3)cccc2N(c2ccc3c(c2)sc2ccccc23)c2ccccc2-c2cccc3c2oc2ccccc23)cc1. The standard InChI is InChI=1S/C54H35NOS/c1-3-17-36(18-4-1)39-21-7-8-25-45(39)53-40(37-19-5-2-6-20-37)26-16-30-49(53)55(38-33-34-44-43-24-11-14-32-51(43)57-52(44)35-38)48-29-12-9-22-41(48)46-27-15-28-47-42-23-10-13-31-50(42)56-54(46)47/h1-35H. The number of hydrogen-bond donors (Lipinski definition) is 0. The molecule has 0 aliphatic carbocycles. The van der Waals surface area contributed by atoms with Crippen molar-refractivity contribution >= 4 is 70.5 Å². The molecule has 0 bridgehead atoms. The summed E-state index contributed by atoms with van der Waals surface area (Å²) >= 11 is 1.85. The number of fused-ring (bicyclic) bond motifs is 6. The fourth-order valence-corrected chi connectivity index (χ4v) is 9.69. The molecule has 0 amide bonds. The monoisotopic (exact) mass is 745 g/mol. The molecule has 11 rings (SSSR count). The predicted molar refractivity (Wildman–Crippen MR) is 243 cm³/mol. The second-order valence-electron chi connectivity index (χ2n) is 14.4. The van der Waals surface area contributed by atoms with Gasteiger partial charge in [-0.1, -0.05) is 176 Å². The summed E-state index contributed by atoms with van der Waals surface area (Å²) < 4.78 is 9.23. The molecule has 0 saturated carbocycles. The maximum atomic E-state index is 6.69. The molecule has 3 heteroatoms. The third kappa shape index (κ3) is 5.63. The van der Waals surface area contributed by atoms with Crippen LogP contribution in [-0.4, -0.2) is 0 Å². The van der Waals surface area contributed by atoms with Gasteiger partial charge in [0.1, 0.15) is 11.2 Å². The van der Waals surface area contributed by atoms with Gasteiger partial charge < -0.3 is 9.32 Å². The predicted octanol–water partition coefficient (Wildman–Crippen LogP) is 16.1. The van der Waals surface area contributed by atoms with Crippen molar-refractivity contribution in [1.29, 1.82) is 0 Å². The van der Waals surface area contributed by atoms with E-state index < -0.39 is 0 Å². The minimum absolute atomic E-state index is 0.888. The molecule has 0 aliphatic heterocycles. The first-order valence-corrected chi connectivity index (χ1v) is 20.2. The van der Waals surface area contributed by atoms with Crippen LogP contribution in [0.1, 0.15) is 0 Å². The molecule has 0 spiro atoms. The Morgan fingerprint density at radius 3 is 1.74 bits per heavy atom. The van der Waals surface area contributed by atoms with Crippen molar-refractivity contribution in [2.45, 2.75) is 0 Å². The van der Waals surface area contributed by atoms with Gasteiger partial charge in [-0.2, -0.15) is 0 Å². The van der Waals surface area contributed by atoms with E-state index in [0.29, 0.717) is 0 Å². The molecule has 0 atom stereocenters. The van der Waals surface area contributed by atoms with Crippen molar-refractivity contribution in [3.8, 4) is 44.5 Å². The summed E-state index contributed by atoms with van der Waals surface area (Å²) in [7, 11) is 0. The lowest BCUT2D eigenvalue weighted by molar-refractivity contribution is 0.670. The van der Waals surface area contributed by atoms with Gasteiger partial charge in [-0.25, -0.2) is 0 Å². The van der Waals surface area contributed by atoms with E-state index in [-0.39, 0.29) is 0 Å². The molecule has 0 aliphatic rings. The van der Waals surface area contributed by atoms with Crippen molar-refractivity contribution in [1.82, 2.24) is 0 Å². The quantitative estimate of drug-likeness (QED) is 0.162. The Morgan fingerprint density at radius 1 is 0.351 bits per heavy atom. The summed E-state index contributed by atoms with van der Waals surface area (Å²) in [6, 6.07) is 76.5. The molecule has 11 aromatic rings. The van der Waals surface area contributed by atoms with Gasteiger partial charge in [0.05, 0.1) is 11.4 Å². The van der Waals surface area contributed by atoms with Gasteiger partial charge in [-0.15, -0.1) is 11.3 Å². The maximum Gasteiger partial charge on any atom is 0.143 e. The zero-order valence-electron chi connectivity index (χ0n) is 31.0. The Morgan fingerprint density at radius 2 is 0.912 bits per heavy atom. The van der Waals surface area contributed by atoms with E-state index in [1.165, 1.54) is 42.4 Å². The molecule has 2 heterocycles. The number of nitrogens with zero attached hydrogens (tertiary/aromatic N) is 1. The van der Waals surface area contributed by atoms with Gasteiger partial charge in [0, 0.05) is 53.3 Å². The lowest BCUT2D eigenvalue weighted by Crippen LogP contribution is -2.13. The molecule has 57 heavy (non-hydrogen) atoms. The minimum atomic E-state index is 0.888. The highest BCUT2D eigenvalue weighted by atomic mass is 32.1. The molecular formula is C54H35NOS. The highest BCUT2D eigenvalue weighted by molar-refractivity contribution is 7.25. The van der Waals surface area contributed by atoms with Gasteiger partial charge in [0.15, 0.2) is 0 Å². The van der Waals surface area contributed by atoms with Gasteiger partial charge in [0.25, 0.3) is 0 Å². The molecule has 0 radical (unpaired) electrons. The topological polar surface area (TPSA) is 16.4 Å². The van der Waals surface area contributed by atoms with E-state index in [0.717, 1.165) is 61.3 Å². The lowest BCUT2D eigenvalue weighted by atomic mass is 9.87. The van der Waals surface area contributed by atoms with Crippen molar-refractivity contribution in [3.05, 3.63) is 212 Å². The minimum Gasteiger partial charge on any atom is -0.455 e. The second kappa shape index (κ2) is 13.8. The normalized spacial score (nSPS) is 11.5. The zero-order chi connectivity index (χ0) is 37.7. The van der Waals surface area contributed by atoms with E-state index >= 15 is 0 Å². The van der Waals surface area contributed by atoms with Crippen LogP contribution in [0.4, 0.5) is 17.1 Å². The first-order valence-electron chi connectivity index (χ1n) is 19.3. The van der Waals surface area contributed by atoms with Crippen LogP contribution in [0.5, 0.6) is 0 Å². The Bertz CT molecular complexity index is 3250. The van der Waals surface area contributed by atoms with Gasteiger partial charge in [-0.05, 0) is 64.2 Å². The Hall–Kier alpha value is -7.20. The number of para-hydroxylation sites is 3. The number of furan rings is 1. The smallest absolute Gasteiger partial charge is 0.143 e. The highest BCUT2D eigenvalue weighted by Crippen LogP contribution is 2.51. The van der Waals surface area contributed by atoms with E-state index in [1.807, 2.05) is 17.4 Å². The maximum absolute atomic E-state index is 6.69. The molecule has 0 saturated heterocycles. The van der Waals surface area contributed by atoms with Crippen LogP contribution in [0.3, 0.4) is 0 Å². The van der Waals surface area contributed by atoms with E-state index in [4.69, 9.17) is 4.42 Å². The van der Waals surface area contributed by atoms with Crippen molar-refractivity contribution in [3.63, 3.8) is 0 Å². The fraction of sp³-hybridized carbons (Fsp3) is 0. The molecule has 2 nitrogen and oxygen atoms in total. The van der Waals surface area contributed by atoms with Crippen LogP contribution in [0, 0.1) is 0 Å². The number of thiophene rings is 1. The fourth-order valence-electron chi connectivity index (χ4n) is 8.56. The third-order valence-corrected chi connectivity index (χ3v) is 12.2. The van der Waals surface area contributed by atoms with Crippen LogP contribution in [0.25, 0.3) is 86.6 Å². The van der Waals surface area contributed by atoms with Crippen LogP contribution in [0.2, 0.25) is 0 Å². The van der Waals surface area contributed by atoms with Crippen LogP contribution >= 0.6 is 11.3 Å². The summed E-state index contributed by atoms with van der Waals surface area (Å²) in [5, 5.41) is 4.79. The van der Waals surface area contributed by atoms with E-state index in [1.54, 1.807) is 0 Å². The lowest BCUT2D eigenvalue weighted by Gasteiger charge is -2.31. The Labute approximate surface area is 335 Å². The van der Waals surface area contributed by atoms with Crippen LogP contribution in [-0.2, 0) is 0 Å². The molecule has 9 aromatic carbocycles. The van der Waals surface area contributed by atoms with Crippen molar-refractivity contribution < 1.29 is 4.42 Å². The summed E-state index contributed by atoms with van der Waals surface area (Å²) in [5.41, 5.74) is 14.2. The third-order valence-electron chi connectivity index (χ3n) is 11.1. The van der Waals surface area contributed by atoms with Gasteiger partial charge in [-0.3, -0.25) is 0 Å². The molecule has 2 aromatic heterocycles. The van der Waals surface area contributed by atoms with E-state index in [2.05, 4.69) is 211 Å². The average molecular weight is 746 g/mol. The van der Waals surface area contributed by atoms with Crippen LogP contribution in [0.15, 0.2) is 217 Å². The molecule has 0 N–H and O–H groups in total. The molecule has 0 fully saturated rings. The number of anilines is 3. The summed E-state index contributed by atoms with van der Waals surface area (Å²) in [6.45, 7) is 0. The van der Waals surface area contributed by atoms with Crippen LogP contribution < -0.4 is 4.90 Å². The molecule has 0 unspecified atom stereocenters. The van der Waals surface area contributed by atoms with Crippen molar-refractivity contribution in [2.24, 2.45) is 0 Å². The Balaban J connectivity index is 1.24. The summed E-state index contributed by atoms with van der Waals surface area (Å²) in [4.78, 5) is 2.48. The first kappa shape index (κ1) is 33.2.